The summed E-state index contributed by atoms with van der Waals surface area (Å²) in [5, 5.41) is 18.5. The van der Waals surface area contributed by atoms with Gasteiger partial charge in [0.25, 0.3) is 0 Å². The molecule has 0 radical (unpaired) electrons. The lowest BCUT2D eigenvalue weighted by Crippen LogP contribution is -2.21. The third-order valence-corrected chi connectivity index (χ3v) is 2.70. The number of halogens is 1. The van der Waals surface area contributed by atoms with Gasteiger partial charge in [0, 0.05) is 6.54 Å². The van der Waals surface area contributed by atoms with E-state index in [0.717, 1.165) is 17.7 Å². The van der Waals surface area contributed by atoms with E-state index in [1.807, 2.05) is 33.2 Å². The summed E-state index contributed by atoms with van der Waals surface area (Å²) >= 11 is 6.16. The number of hydrogen-bond acceptors (Lipinski definition) is 4. The van der Waals surface area contributed by atoms with Gasteiger partial charge in [-0.25, -0.2) is 0 Å². The molecule has 1 rings (SSSR count). The van der Waals surface area contributed by atoms with E-state index in [-0.39, 0.29) is 13.2 Å². The van der Waals surface area contributed by atoms with E-state index in [4.69, 9.17) is 21.4 Å². The van der Waals surface area contributed by atoms with Crippen molar-refractivity contribution in [1.29, 1.82) is 0 Å². The molecule has 1 atom stereocenters. The lowest BCUT2D eigenvalue weighted by atomic mass is 10.1. The Morgan fingerprint density at radius 2 is 2.06 bits per heavy atom. The number of nitrogens with zero attached hydrogens (tertiary/aromatic N) is 1. The summed E-state index contributed by atoms with van der Waals surface area (Å²) in [6, 6.07) is 3.86. The molecule has 0 aliphatic rings. The molecule has 18 heavy (non-hydrogen) atoms. The monoisotopic (exact) mass is 273 g/mol. The van der Waals surface area contributed by atoms with Gasteiger partial charge < -0.3 is 19.8 Å². The minimum atomic E-state index is -0.887. The third kappa shape index (κ3) is 4.46. The number of aryl methyl sites for hydroxylation is 1. The molecule has 0 bridgehead atoms. The van der Waals surface area contributed by atoms with E-state index < -0.39 is 6.10 Å². The molecular weight excluding hydrogens is 254 g/mol. The molecule has 0 heterocycles. The van der Waals surface area contributed by atoms with Gasteiger partial charge >= 0.3 is 0 Å². The first-order chi connectivity index (χ1) is 8.43. The zero-order valence-electron chi connectivity index (χ0n) is 11.0. The van der Waals surface area contributed by atoms with Crippen molar-refractivity contribution >= 4 is 11.6 Å². The molecule has 0 saturated carbocycles. The molecule has 4 nitrogen and oxygen atoms in total. The quantitative estimate of drug-likeness (QED) is 0.824. The number of ether oxygens (including phenoxy) is 1. The maximum absolute atomic E-state index is 9.25. The van der Waals surface area contributed by atoms with Crippen molar-refractivity contribution in [3.63, 3.8) is 0 Å². The van der Waals surface area contributed by atoms with Crippen LogP contribution in [-0.2, 0) is 6.54 Å². The minimum Gasteiger partial charge on any atom is -0.489 e. The van der Waals surface area contributed by atoms with Gasteiger partial charge in [0.15, 0.2) is 0 Å². The van der Waals surface area contributed by atoms with Crippen LogP contribution in [0.4, 0.5) is 0 Å². The molecule has 1 unspecified atom stereocenters. The molecule has 0 aliphatic carbocycles. The van der Waals surface area contributed by atoms with Crippen molar-refractivity contribution in [2.75, 3.05) is 27.3 Å². The Balaban J connectivity index is 2.81. The number of rotatable bonds is 6. The summed E-state index contributed by atoms with van der Waals surface area (Å²) in [7, 11) is 3.98. The van der Waals surface area contributed by atoms with Crippen LogP contribution in [0.2, 0.25) is 5.02 Å². The van der Waals surface area contributed by atoms with Gasteiger partial charge in [-0.1, -0.05) is 17.7 Å². The van der Waals surface area contributed by atoms with Gasteiger partial charge in [-0.15, -0.1) is 0 Å². The van der Waals surface area contributed by atoms with Crippen LogP contribution in [0.25, 0.3) is 0 Å². The lowest BCUT2D eigenvalue weighted by molar-refractivity contribution is 0.0534. The second-order valence-electron chi connectivity index (χ2n) is 4.61. The smallest absolute Gasteiger partial charge is 0.140 e. The fourth-order valence-electron chi connectivity index (χ4n) is 1.67. The Bertz CT molecular complexity index is 373. The molecule has 0 spiro atoms. The number of aliphatic hydroxyl groups is 2. The average Bonchev–Trinajstić information content (AvgIpc) is 2.26. The molecule has 1 aromatic carbocycles. The second kappa shape index (κ2) is 6.95. The van der Waals surface area contributed by atoms with Crippen molar-refractivity contribution in [1.82, 2.24) is 4.90 Å². The van der Waals surface area contributed by atoms with Gasteiger partial charge in [-0.2, -0.15) is 0 Å². The van der Waals surface area contributed by atoms with E-state index in [0.29, 0.717) is 10.8 Å². The van der Waals surface area contributed by atoms with Crippen molar-refractivity contribution in [3.8, 4) is 5.75 Å². The first-order valence-electron chi connectivity index (χ1n) is 5.79. The Hall–Kier alpha value is -0.810. The molecule has 1 aromatic rings. The second-order valence-corrected chi connectivity index (χ2v) is 5.02. The highest BCUT2D eigenvalue weighted by Crippen LogP contribution is 2.30. The highest BCUT2D eigenvalue weighted by molar-refractivity contribution is 6.32. The summed E-state index contributed by atoms with van der Waals surface area (Å²) in [4.78, 5) is 2.06. The van der Waals surface area contributed by atoms with Gasteiger partial charge in [0.05, 0.1) is 11.6 Å². The predicted molar refractivity (Wildman–Crippen MR) is 72.2 cm³/mol. The minimum absolute atomic E-state index is 0.0318. The highest BCUT2D eigenvalue weighted by atomic mass is 35.5. The fourth-order valence-corrected chi connectivity index (χ4v) is 2.02. The van der Waals surface area contributed by atoms with Crippen molar-refractivity contribution < 1.29 is 14.9 Å². The fraction of sp³-hybridized carbons (Fsp3) is 0.538. The van der Waals surface area contributed by atoms with E-state index >= 15 is 0 Å². The molecule has 102 valence electrons. The van der Waals surface area contributed by atoms with Gasteiger partial charge in [0.1, 0.15) is 18.5 Å². The third-order valence-electron chi connectivity index (χ3n) is 2.42. The van der Waals surface area contributed by atoms with Crippen LogP contribution in [0.1, 0.15) is 11.1 Å². The summed E-state index contributed by atoms with van der Waals surface area (Å²) in [6.07, 6.45) is -0.887. The van der Waals surface area contributed by atoms with Crippen LogP contribution in [0.15, 0.2) is 12.1 Å². The topological polar surface area (TPSA) is 52.9 Å². The normalized spacial score (nSPS) is 12.8. The van der Waals surface area contributed by atoms with Crippen molar-refractivity contribution in [2.24, 2.45) is 0 Å². The molecular formula is C13H20ClNO3. The average molecular weight is 274 g/mol. The highest BCUT2D eigenvalue weighted by Gasteiger charge is 2.11. The summed E-state index contributed by atoms with van der Waals surface area (Å²) in [5.74, 6) is 0.562. The summed E-state index contributed by atoms with van der Waals surface area (Å²) in [6.45, 7) is 2.42. The Morgan fingerprint density at radius 1 is 1.39 bits per heavy atom. The van der Waals surface area contributed by atoms with Crippen molar-refractivity contribution in [3.05, 3.63) is 28.3 Å². The molecule has 0 aliphatic heterocycles. The van der Waals surface area contributed by atoms with Crippen LogP contribution in [0, 0.1) is 6.92 Å². The lowest BCUT2D eigenvalue weighted by Gasteiger charge is -2.16. The number of benzene rings is 1. The Labute approximate surface area is 113 Å². The van der Waals surface area contributed by atoms with E-state index in [1.54, 1.807) is 0 Å². The summed E-state index contributed by atoms with van der Waals surface area (Å²) < 4.78 is 5.42. The number of hydrogen-bond donors (Lipinski definition) is 2. The van der Waals surface area contributed by atoms with Crippen molar-refractivity contribution in [2.45, 2.75) is 19.6 Å². The van der Waals surface area contributed by atoms with E-state index in [9.17, 15) is 5.11 Å². The molecule has 5 heteroatoms. The molecule has 0 fully saturated rings. The van der Waals surface area contributed by atoms with Crippen LogP contribution >= 0.6 is 11.6 Å². The number of aliphatic hydroxyl groups excluding tert-OH is 2. The molecule has 2 N–H and O–H groups in total. The molecule has 0 saturated heterocycles. The Kier molecular flexibility index (Phi) is 5.88. The van der Waals surface area contributed by atoms with Gasteiger partial charge in [-0.3, -0.25) is 0 Å². The van der Waals surface area contributed by atoms with E-state index in [1.165, 1.54) is 0 Å². The predicted octanol–water partition coefficient (Wildman–Crippen LogP) is 1.44. The van der Waals surface area contributed by atoms with Gasteiger partial charge in [0.2, 0.25) is 0 Å². The largest absolute Gasteiger partial charge is 0.489 e. The zero-order chi connectivity index (χ0) is 13.7. The summed E-state index contributed by atoms with van der Waals surface area (Å²) in [5.41, 5.74) is 2.03. The maximum Gasteiger partial charge on any atom is 0.140 e. The van der Waals surface area contributed by atoms with Crippen LogP contribution < -0.4 is 4.74 Å². The van der Waals surface area contributed by atoms with Gasteiger partial charge in [-0.05, 0) is 38.2 Å². The van der Waals surface area contributed by atoms with E-state index in [2.05, 4.69) is 4.90 Å². The maximum atomic E-state index is 9.25. The van der Waals surface area contributed by atoms with Crippen LogP contribution in [0.3, 0.4) is 0 Å². The van der Waals surface area contributed by atoms with Crippen LogP contribution in [0.5, 0.6) is 5.75 Å². The molecule has 0 aromatic heterocycles. The molecule has 0 amide bonds. The SMILES string of the molecule is Cc1cc(CN(C)C)cc(Cl)c1OCC(O)CO. The zero-order valence-corrected chi connectivity index (χ0v) is 11.7. The first-order valence-corrected chi connectivity index (χ1v) is 6.17. The first kappa shape index (κ1) is 15.2. The Morgan fingerprint density at radius 3 is 2.56 bits per heavy atom. The van der Waals surface area contributed by atoms with Crippen LogP contribution in [-0.4, -0.2) is 48.5 Å². The standard InChI is InChI=1S/C13H20ClNO3/c1-9-4-10(6-15(2)3)5-12(14)13(9)18-8-11(17)7-16/h4-5,11,16-17H,6-8H2,1-3H3.